The Morgan fingerprint density at radius 3 is 2.90 bits per heavy atom. The number of nitrogens with zero attached hydrogens (tertiary/aromatic N) is 6. The number of nitrogens with one attached hydrogen (secondary N) is 2. The first-order valence-corrected chi connectivity index (χ1v) is 9.53. The van der Waals surface area contributed by atoms with E-state index in [0.717, 1.165) is 48.0 Å². The molecule has 0 spiro atoms. The quantitative estimate of drug-likeness (QED) is 0.533. The van der Waals surface area contributed by atoms with Crippen molar-refractivity contribution in [3.8, 4) is 11.4 Å². The first-order chi connectivity index (χ1) is 14.3. The molecule has 2 N–H and O–H groups in total. The number of rotatable bonds is 5. The normalized spacial score (nSPS) is 16.3. The molecule has 4 aromatic heterocycles. The maximum atomic E-state index is 5.67. The molecule has 0 bridgehead atoms. The smallest absolute Gasteiger partial charge is 0.227 e. The highest BCUT2D eigenvalue weighted by atomic mass is 16.5. The average Bonchev–Trinajstić information content (AvgIpc) is 3.49. The van der Waals surface area contributed by atoms with E-state index in [4.69, 9.17) is 4.52 Å². The van der Waals surface area contributed by atoms with Crippen LogP contribution in [0.15, 0.2) is 53.3 Å². The van der Waals surface area contributed by atoms with Crippen LogP contribution in [0.3, 0.4) is 0 Å². The van der Waals surface area contributed by atoms with Crippen LogP contribution in [0.4, 0.5) is 17.6 Å². The van der Waals surface area contributed by atoms with E-state index < -0.39 is 0 Å². The van der Waals surface area contributed by atoms with Crippen molar-refractivity contribution in [1.29, 1.82) is 0 Å². The number of aromatic amines is 1. The predicted molar refractivity (Wildman–Crippen MR) is 108 cm³/mol. The molecule has 1 saturated heterocycles. The van der Waals surface area contributed by atoms with E-state index in [1.807, 2.05) is 43.3 Å². The number of H-pyrrole nitrogens is 1. The van der Waals surface area contributed by atoms with E-state index in [-0.39, 0.29) is 6.04 Å². The minimum atomic E-state index is 0.0443. The average molecular weight is 388 g/mol. The molecule has 5 heterocycles. The Kier molecular flexibility index (Phi) is 4.39. The zero-order chi connectivity index (χ0) is 19.6. The van der Waals surface area contributed by atoms with Crippen LogP contribution in [0.2, 0.25) is 0 Å². The van der Waals surface area contributed by atoms with Crippen LogP contribution in [0.5, 0.6) is 0 Å². The van der Waals surface area contributed by atoms with Crippen molar-refractivity contribution < 1.29 is 4.52 Å². The van der Waals surface area contributed by atoms with Crippen LogP contribution in [-0.4, -0.2) is 36.9 Å². The first kappa shape index (κ1) is 17.4. The van der Waals surface area contributed by atoms with Gasteiger partial charge in [0.15, 0.2) is 11.6 Å². The summed E-state index contributed by atoms with van der Waals surface area (Å²) in [6, 6.07) is 11.5. The molecule has 4 aromatic rings. The zero-order valence-electron chi connectivity index (χ0n) is 15.9. The molecule has 1 atom stereocenters. The van der Waals surface area contributed by atoms with E-state index >= 15 is 0 Å². The van der Waals surface area contributed by atoms with Crippen molar-refractivity contribution in [2.75, 3.05) is 16.8 Å². The largest absolute Gasteiger partial charge is 0.358 e. The fourth-order valence-corrected chi connectivity index (χ4v) is 3.55. The molecule has 1 fully saturated rings. The van der Waals surface area contributed by atoms with Crippen LogP contribution in [0.25, 0.3) is 11.4 Å². The molecule has 0 aliphatic carbocycles. The molecule has 1 aliphatic rings. The van der Waals surface area contributed by atoms with Gasteiger partial charge in [-0.2, -0.15) is 10.1 Å². The van der Waals surface area contributed by atoms with Gasteiger partial charge in [0.1, 0.15) is 11.5 Å². The summed E-state index contributed by atoms with van der Waals surface area (Å²) < 4.78 is 5.67. The molecule has 9 nitrogen and oxygen atoms in total. The number of aryl methyl sites for hydroxylation is 1. The third-order valence-corrected chi connectivity index (χ3v) is 4.90. The summed E-state index contributed by atoms with van der Waals surface area (Å²) in [5, 5.41) is 14.5. The lowest BCUT2D eigenvalue weighted by atomic mass is 10.1. The Hall–Kier alpha value is -3.75. The third-order valence-electron chi connectivity index (χ3n) is 4.90. The van der Waals surface area contributed by atoms with E-state index in [0.29, 0.717) is 11.8 Å². The molecule has 1 aliphatic heterocycles. The van der Waals surface area contributed by atoms with Crippen molar-refractivity contribution in [3.63, 3.8) is 0 Å². The highest BCUT2D eigenvalue weighted by Crippen LogP contribution is 2.36. The predicted octanol–water partition coefficient (Wildman–Crippen LogP) is 3.64. The second-order valence-corrected chi connectivity index (χ2v) is 6.98. The Morgan fingerprint density at radius 2 is 2.07 bits per heavy atom. The zero-order valence-corrected chi connectivity index (χ0v) is 15.9. The maximum Gasteiger partial charge on any atom is 0.227 e. The van der Waals surface area contributed by atoms with Crippen LogP contribution < -0.4 is 10.2 Å². The summed E-state index contributed by atoms with van der Waals surface area (Å²) in [5.74, 6) is 2.87. The number of pyridine rings is 1. The number of anilines is 3. The van der Waals surface area contributed by atoms with Crippen LogP contribution in [0.1, 0.15) is 30.3 Å². The highest BCUT2D eigenvalue weighted by molar-refractivity contribution is 5.55. The molecule has 0 amide bonds. The summed E-state index contributed by atoms with van der Waals surface area (Å²) in [5.41, 5.74) is 2.51. The topological polar surface area (TPSA) is 109 Å². The van der Waals surface area contributed by atoms with Gasteiger partial charge in [-0.15, -0.1) is 0 Å². The Bertz CT molecular complexity index is 1110. The molecule has 0 unspecified atom stereocenters. The van der Waals surface area contributed by atoms with Gasteiger partial charge in [-0.1, -0.05) is 11.2 Å². The molecule has 9 heteroatoms. The van der Waals surface area contributed by atoms with Crippen LogP contribution >= 0.6 is 0 Å². The van der Waals surface area contributed by atoms with Gasteiger partial charge >= 0.3 is 0 Å². The summed E-state index contributed by atoms with van der Waals surface area (Å²) in [6.45, 7) is 2.81. The number of aromatic nitrogens is 6. The van der Waals surface area contributed by atoms with E-state index in [2.05, 4.69) is 40.5 Å². The van der Waals surface area contributed by atoms with Crippen molar-refractivity contribution in [3.05, 3.63) is 60.2 Å². The van der Waals surface area contributed by atoms with E-state index in [9.17, 15) is 0 Å². The second-order valence-electron chi connectivity index (χ2n) is 6.98. The lowest BCUT2D eigenvalue weighted by Gasteiger charge is -2.22. The van der Waals surface area contributed by atoms with Gasteiger partial charge in [-0.3, -0.25) is 10.1 Å². The van der Waals surface area contributed by atoms with Crippen LogP contribution in [0, 0.1) is 6.92 Å². The van der Waals surface area contributed by atoms with E-state index in [1.54, 1.807) is 12.4 Å². The fraction of sp³-hybridized carbons (Fsp3) is 0.250. The first-order valence-electron chi connectivity index (χ1n) is 9.53. The summed E-state index contributed by atoms with van der Waals surface area (Å²) in [7, 11) is 0. The molecule has 29 heavy (non-hydrogen) atoms. The summed E-state index contributed by atoms with van der Waals surface area (Å²) in [6.07, 6.45) is 5.48. The minimum absolute atomic E-state index is 0.0443. The molecule has 0 saturated carbocycles. The Labute approximate surface area is 167 Å². The SMILES string of the molecule is Cc1cc(Nc2ccnc(N3CCC[C@H]3c3cc(-c4ccccn4)no3)n2)n[nH]1. The molecule has 146 valence electrons. The monoisotopic (exact) mass is 388 g/mol. The number of hydrogen-bond acceptors (Lipinski definition) is 8. The van der Waals surface area contributed by atoms with Gasteiger partial charge in [0.2, 0.25) is 5.95 Å². The third kappa shape index (κ3) is 3.54. The molecule has 0 aromatic carbocycles. The molecule has 0 radical (unpaired) electrons. The standard InChI is InChI=1S/C20H20N8O/c1-13-11-19(26-25-13)23-18-7-9-22-20(24-18)28-10-4-6-16(28)17-12-15(27-29-17)14-5-2-3-8-21-14/h2-3,5,7-9,11-12,16H,4,6,10H2,1H3,(H2,22,23,24,25,26)/t16-/m0/s1. The summed E-state index contributed by atoms with van der Waals surface area (Å²) in [4.78, 5) is 15.7. The fourth-order valence-electron chi connectivity index (χ4n) is 3.55. The van der Waals surface area contributed by atoms with Gasteiger partial charge in [0, 0.05) is 36.8 Å². The van der Waals surface area contributed by atoms with Crippen molar-refractivity contribution in [1.82, 2.24) is 30.3 Å². The highest BCUT2D eigenvalue weighted by Gasteiger charge is 2.31. The maximum absolute atomic E-state index is 5.67. The van der Waals surface area contributed by atoms with Gasteiger partial charge in [0.05, 0.1) is 11.7 Å². The minimum Gasteiger partial charge on any atom is -0.358 e. The van der Waals surface area contributed by atoms with E-state index in [1.165, 1.54) is 0 Å². The van der Waals surface area contributed by atoms with Crippen molar-refractivity contribution in [2.24, 2.45) is 0 Å². The van der Waals surface area contributed by atoms with Gasteiger partial charge in [-0.25, -0.2) is 4.98 Å². The van der Waals surface area contributed by atoms with Gasteiger partial charge in [0.25, 0.3) is 0 Å². The molecular formula is C20H20N8O. The lowest BCUT2D eigenvalue weighted by Crippen LogP contribution is -2.24. The van der Waals surface area contributed by atoms with Crippen LogP contribution in [-0.2, 0) is 0 Å². The van der Waals surface area contributed by atoms with Gasteiger partial charge < -0.3 is 14.7 Å². The number of hydrogen-bond donors (Lipinski definition) is 2. The Balaban J connectivity index is 1.38. The lowest BCUT2D eigenvalue weighted by molar-refractivity contribution is 0.362. The molecular weight excluding hydrogens is 368 g/mol. The Morgan fingerprint density at radius 1 is 1.10 bits per heavy atom. The van der Waals surface area contributed by atoms with Crippen molar-refractivity contribution in [2.45, 2.75) is 25.8 Å². The molecule has 5 rings (SSSR count). The summed E-state index contributed by atoms with van der Waals surface area (Å²) >= 11 is 0. The van der Waals surface area contributed by atoms with Gasteiger partial charge in [-0.05, 0) is 38.0 Å². The second kappa shape index (κ2) is 7.34. The van der Waals surface area contributed by atoms with Crippen molar-refractivity contribution >= 4 is 17.6 Å².